The second-order valence-corrected chi connectivity index (χ2v) is 5.70. The fourth-order valence-corrected chi connectivity index (χ4v) is 2.60. The van der Waals surface area contributed by atoms with Gasteiger partial charge in [0.05, 0.1) is 17.8 Å². The van der Waals surface area contributed by atoms with Crippen LogP contribution in [0.15, 0.2) is 71.5 Å². The van der Waals surface area contributed by atoms with Crippen LogP contribution < -0.4 is 5.56 Å². The molecule has 3 rings (SSSR count). The second kappa shape index (κ2) is 6.54. The summed E-state index contributed by atoms with van der Waals surface area (Å²) < 4.78 is 1.69. The Balaban J connectivity index is 2.02. The van der Waals surface area contributed by atoms with E-state index in [0.717, 1.165) is 16.8 Å². The number of aryl methyl sites for hydroxylation is 1. The van der Waals surface area contributed by atoms with E-state index in [1.54, 1.807) is 34.9 Å². The van der Waals surface area contributed by atoms with Gasteiger partial charge in [0.2, 0.25) is 0 Å². The number of hydrogen-bond donors (Lipinski definition) is 1. The maximum atomic E-state index is 12.3. The minimum atomic E-state index is -0.966. The first kappa shape index (κ1) is 15.7. The molecule has 24 heavy (non-hydrogen) atoms. The van der Waals surface area contributed by atoms with Gasteiger partial charge in [-0.2, -0.15) is 0 Å². The lowest BCUT2D eigenvalue weighted by molar-refractivity contribution is 0.0697. The maximum Gasteiger partial charge on any atom is 0.335 e. The van der Waals surface area contributed by atoms with E-state index in [0.29, 0.717) is 6.54 Å². The van der Waals surface area contributed by atoms with Crippen LogP contribution >= 0.6 is 0 Å². The van der Waals surface area contributed by atoms with Crippen LogP contribution in [-0.4, -0.2) is 15.6 Å². The molecular formula is C20H17NO3. The topological polar surface area (TPSA) is 59.3 Å². The molecule has 4 nitrogen and oxygen atoms in total. The smallest absolute Gasteiger partial charge is 0.335 e. The maximum absolute atomic E-state index is 12.3. The first-order valence-corrected chi connectivity index (χ1v) is 7.64. The quantitative estimate of drug-likeness (QED) is 0.800. The summed E-state index contributed by atoms with van der Waals surface area (Å²) in [7, 11) is 0. The second-order valence-electron chi connectivity index (χ2n) is 5.70. The summed E-state index contributed by atoms with van der Waals surface area (Å²) in [5.74, 6) is -0.966. The van der Waals surface area contributed by atoms with Gasteiger partial charge in [0.15, 0.2) is 0 Å². The van der Waals surface area contributed by atoms with Crippen LogP contribution in [0, 0.1) is 6.92 Å². The number of rotatable bonds is 4. The van der Waals surface area contributed by atoms with Gasteiger partial charge in [-0.05, 0) is 36.2 Å². The molecule has 0 aliphatic carbocycles. The highest BCUT2D eigenvalue weighted by Gasteiger charge is 2.08. The van der Waals surface area contributed by atoms with Gasteiger partial charge < -0.3 is 9.67 Å². The molecule has 0 amide bonds. The highest BCUT2D eigenvalue weighted by atomic mass is 16.4. The van der Waals surface area contributed by atoms with E-state index in [1.807, 2.05) is 37.3 Å². The summed E-state index contributed by atoms with van der Waals surface area (Å²) in [6.07, 6.45) is 0. The molecule has 2 aromatic carbocycles. The first-order valence-electron chi connectivity index (χ1n) is 7.64. The van der Waals surface area contributed by atoms with Crippen molar-refractivity contribution in [2.45, 2.75) is 13.5 Å². The molecule has 0 unspecified atom stereocenters. The lowest BCUT2D eigenvalue weighted by atomic mass is 10.1. The number of nitrogens with zero attached hydrogens (tertiary/aromatic N) is 1. The first-order chi connectivity index (χ1) is 11.5. The van der Waals surface area contributed by atoms with Crippen molar-refractivity contribution in [3.63, 3.8) is 0 Å². The molecule has 0 spiro atoms. The molecule has 0 bridgehead atoms. The Hall–Kier alpha value is -3.14. The molecule has 0 radical (unpaired) electrons. The van der Waals surface area contributed by atoms with Crippen molar-refractivity contribution in [1.82, 2.24) is 4.57 Å². The predicted molar refractivity (Wildman–Crippen MR) is 93.4 cm³/mol. The fourth-order valence-electron chi connectivity index (χ4n) is 2.60. The Bertz CT molecular complexity index is 922. The normalized spacial score (nSPS) is 10.5. The van der Waals surface area contributed by atoms with Crippen molar-refractivity contribution in [3.8, 4) is 11.3 Å². The lowest BCUT2D eigenvalue weighted by Gasteiger charge is -2.13. The Morgan fingerprint density at radius 3 is 2.25 bits per heavy atom. The Morgan fingerprint density at radius 1 is 0.958 bits per heavy atom. The molecule has 0 aliphatic heterocycles. The van der Waals surface area contributed by atoms with Gasteiger partial charge >= 0.3 is 5.97 Å². The zero-order valence-electron chi connectivity index (χ0n) is 13.3. The van der Waals surface area contributed by atoms with Gasteiger partial charge in [-0.25, -0.2) is 4.79 Å². The molecule has 4 heteroatoms. The van der Waals surface area contributed by atoms with E-state index in [2.05, 4.69) is 0 Å². The predicted octanol–water partition coefficient (Wildman–Crippen LogP) is 3.57. The molecule has 3 aromatic rings. The van der Waals surface area contributed by atoms with Gasteiger partial charge in [0.25, 0.3) is 5.56 Å². The molecule has 0 fully saturated rings. The van der Waals surface area contributed by atoms with Crippen molar-refractivity contribution in [2.75, 3.05) is 0 Å². The largest absolute Gasteiger partial charge is 0.478 e. The monoisotopic (exact) mass is 319 g/mol. The van der Waals surface area contributed by atoms with Gasteiger partial charge in [-0.3, -0.25) is 4.79 Å². The van der Waals surface area contributed by atoms with Gasteiger partial charge in [0.1, 0.15) is 0 Å². The summed E-state index contributed by atoms with van der Waals surface area (Å²) >= 11 is 0. The van der Waals surface area contributed by atoms with E-state index < -0.39 is 5.97 Å². The summed E-state index contributed by atoms with van der Waals surface area (Å²) in [4.78, 5) is 23.3. The third-order valence-corrected chi connectivity index (χ3v) is 3.94. The minimum absolute atomic E-state index is 0.0876. The van der Waals surface area contributed by atoms with Crippen LogP contribution in [0.25, 0.3) is 11.3 Å². The van der Waals surface area contributed by atoms with E-state index in [-0.39, 0.29) is 11.1 Å². The number of aromatic nitrogens is 1. The van der Waals surface area contributed by atoms with Crippen molar-refractivity contribution >= 4 is 5.97 Å². The van der Waals surface area contributed by atoms with Crippen LogP contribution in [0.5, 0.6) is 0 Å². The Labute approximate surface area is 139 Å². The molecule has 0 aliphatic rings. The number of pyridine rings is 1. The zero-order chi connectivity index (χ0) is 17.1. The van der Waals surface area contributed by atoms with E-state index in [1.165, 1.54) is 11.6 Å². The average Bonchev–Trinajstić information content (AvgIpc) is 2.58. The van der Waals surface area contributed by atoms with Gasteiger partial charge in [-0.15, -0.1) is 0 Å². The summed E-state index contributed by atoms with van der Waals surface area (Å²) in [6, 6.07) is 19.7. The standard InChI is InChI=1S/C20H17NO3/c1-14-5-7-15(8-6-14)13-21-18(3-2-4-19(21)22)16-9-11-17(12-10-16)20(23)24/h2-12H,13H2,1H3,(H,23,24). The van der Waals surface area contributed by atoms with Crippen LogP contribution in [0.1, 0.15) is 21.5 Å². The average molecular weight is 319 g/mol. The Kier molecular flexibility index (Phi) is 4.29. The third kappa shape index (κ3) is 3.27. The summed E-state index contributed by atoms with van der Waals surface area (Å²) in [6.45, 7) is 2.49. The molecule has 0 saturated heterocycles. The molecule has 1 aromatic heterocycles. The number of benzene rings is 2. The third-order valence-electron chi connectivity index (χ3n) is 3.94. The number of aromatic carboxylic acids is 1. The zero-order valence-corrected chi connectivity index (χ0v) is 13.3. The molecule has 0 saturated carbocycles. The van der Waals surface area contributed by atoms with Crippen LogP contribution in [-0.2, 0) is 6.54 Å². The highest BCUT2D eigenvalue weighted by Crippen LogP contribution is 2.20. The number of carbonyl (C=O) groups is 1. The summed E-state index contributed by atoms with van der Waals surface area (Å²) in [5.41, 5.74) is 3.92. The molecule has 1 heterocycles. The number of hydrogen-bond acceptors (Lipinski definition) is 2. The van der Waals surface area contributed by atoms with Crippen LogP contribution in [0.2, 0.25) is 0 Å². The van der Waals surface area contributed by atoms with Crippen molar-refractivity contribution in [2.24, 2.45) is 0 Å². The molecule has 0 atom stereocenters. The van der Waals surface area contributed by atoms with E-state index in [4.69, 9.17) is 5.11 Å². The van der Waals surface area contributed by atoms with E-state index in [9.17, 15) is 9.59 Å². The van der Waals surface area contributed by atoms with Gasteiger partial charge in [0, 0.05) is 6.07 Å². The van der Waals surface area contributed by atoms with Gasteiger partial charge in [-0.1, -0.05) is 48.0 Å². The van der Waals surface area contributed by atoms with E-state index >= 15 is 0 Å². The molecular weight excluding hydrogens is 302 g/mol. The molecule has 120 valence electrons. The van der Waals surface area contributed by atoms with Crippen molar-refractivity contribution in [1.29, 1.82) is 0 Å². The number of carboxylic acid groups (broad SMARTS) is 1. The highest BCUT2D eigenvalue weighted by molar-refractivity contribution is 5.88. The lowest BCUT2D eigenvalue weighted by Crippen LogP contribution is -2.21. The van der Waals surface area contributed by atoms with Crippen LogP contribution in [0.3, 0.4) is 0 Å². The Morgan fingerprint density at radius 2 is 1.62 bits per heavy atom. The van der Waals surface area contributed by atoms with Crippen LogP contribution in [0.4, 0.5) is 0 Å². The summed E-state index contributed by atoms with van der Waals surface area (Å²) in [5, 5.41) is 9.01. The van der Waals surface area contributed by atoms with Crippen molar-refractivity contribution < 1.29 is 9.90 Å². The molecule has 1 N–H and O–H groups in total. The number of carboxylic acids is 1. The van der Waals surface area contributed by atoms with Crippen molar-refractivity contribution in [3.05, 3.63) is 93.8 Å². The SMILES string of the molecule is Cc1ccc(Cn2c(-c3ccc(C(=O)O)cc3)cccc2=O)cc1. The minimum Gasteiger partial charge on any atom is -0.478 e. The fraction of sp³-hybridized carbons (Fsp3) is 0.100.